The SMILES string of the molecule is NC(=O)[C@@H]1C[C@H](O)CN1Cc1ccc(OCc2cccc(F)c2)cc1. The molecule has 2 atom stereocenters. The zero-order valence-electron chi connectivity index (χ0n) is 13.8. The second kappa shape index (κ2) is 7.63. The molecule has 0 spiro atoms. The molecule has 2 aromatic rings. The Labute approximate surface area is 145 Å². The zero-order chi connectivity index (χ0) is 17.8. The number of aliphatic hydroxyl groups is 1. The van der Waals surface area contributed by atoms with Crippen molar-refractivity contribution in [3.8, 4) is 5.75 Å². The van der Waals surface area contributed by atoms with Gasteiger partial charge in [0.25, 0.3) is 0 Å². The largest absolute Gasteiger partial charge is 0.489 e. The summed E-state index contributed by atoms with van der Waals surface area (Å²) in [4.78, 5) is 13.4. The van der Waals surface area contributed by atoms with E-state index in [1.807, 2.05) is 29.2 Å². The van der Waals surface area contributed by atoms with Crippen molar-refractivity contribution in [1.29, 1.82) is 0 Å². The summed E-state index contributed by atoms with van der Waals surface area (Å²) in [5.74, 6) is -0.0132. The quantitative estimate of drug-likeness (QED) is 0.838. The van der Waals surface area contributed by atoms with Gasteiger partial charge in [0.15, 0.2) is 0 Å². The molecule has 6 heteroatoms. The predicted molar refractivity (Wildman–Crippen MR) is 91.2 cm³/mol. The molecule has 2 aromatic carbocycles. The lowest BCUT2D eigenvalue weighted by Gasteiger charge is -2.21. The van der Waals surface area contributed by atoms with Gasteiger partial charge in [-0.25, -0.2) is 4.39 Å². The van der Waals surface area contributed by atoms with Crippen LogP contribution in [0.4, 0.5) is 4.39 Å². The van der Waals surface area contributed by atoms with E-state index in [0.29, 0.717) is 31.9 Å². The van der Waals surface area contributed by atoms with Gasteiger partial charge in [0.1, 0.15) is 18.2 Å². The molecule has 1 saturated heterocycles. The van der Waals surface area contributed by atoms with Crippen molar-refractivity contribution in [2.24, 2.45) is 5.73 Å². The van der Waals surface area contributed by atoms with Gasteiger partial charge in [-0.3, -0.25) is 9.69 Å². The fourth-order valence-corrected chi connectivity index (χ4v) is 3.07. The maximum absolute atomic E-state index is 13.1. The first-order valence-electron chi connectivity index (χ1n) is 8.19. The number of likely N-dealkylation sites (tertiary alicyclic amines) is 1. The van der Waals surface area contributed by atoms with Crippen LogP contribution in [0.15, 0.2) is 48.5 Å². The maximum atomic E-state index is 13.1. The van der Waals surface area contributed by atoms with Gasteiger partial charge in [0.05, 0.1) is 12.1 Å². The number of nitrogens with two attached hydrogens (primary N) is 1. The van der Waals surface area contributed by atoms with Crippen molar-refractivity contribution in [3.63, 3.8) is 0 Å². The van der Waals surface area contributed by atoms with E-state index in [1.165, 1.54) is 12.1 Å². The minimum atomic E-state index is -0.522. The van der Waals surface area contributed by atoms with Gasteiger partial charge in [0, 0.05) is 13.1 Å². The zero-order valence-corrected chi connectivity index (χ0v) is 13.8. The summed E-state index contributed by atoms with van der Waals surface area (Å²) < 4.78 is 18.8. The average Bonchev–Trinajstić information content (AvgIpc) is 2.95. The lowest BCUT2D eigenvalue weighted by atomic mass is 10.1. The van der Waals surface area contributed by atoms with Crippen LogP contribution in [0.5, 0.6) is 5.75 Å². The number of hydrogen-bond acceptors (Lipinski definition) is 4. The molecular weight excluding hydrogens is 323 g/mol. The summed E-state index contributed by atoms with van der Waals surface area (Å²) in [5, 5.41) is 9.74. The lowest BCUT2D eigenvalue weighted by Crippen LogP contribution is -2.39. The average molecular weight is 344 g/mol. The summed E-state index contributed by atoms with van der Waals surface area (Å²) in [5.41, 5.74) is 7.16. The van der Waals surface area contributed by atoms with Gasteiger partial charge in [-0.05, 0) is 41.8 Å². The molecule has 1 aliphatic rings. The van der Waals surface area contributed by atoms with E-state index in [9.17, 15) is 14.3 Å². The Balaban J connectivity index is 1.58. The molecule has 1 amide bonds. The standard InChI is InChI=1S/C19H21FN2O3/c20-15-3-1-2-14(8-15)12-25-17-6-4-13(5-7-17)10-22-11-16(23)9-18(22)19(21)24/h1-8,16,18,23H,9-12H2,(H2,21,24)/t16-,18-/m0/s1. The third-order valence-corrected chi connectivity index (χ3v) is 4.31. The third-order valence-electron chi connectivity index (χ3n) is 4.31. The first-order chi connectivity index (χ1) is 12.0. The topological polar surface area (TPSA) is 75.8 Å². The molecule has 0 unspecified atom stereocenters. The minimum Gasteiger partial charge on any atom is -0.489 e. The molecule has 1 heterocycles. The number of primary amides is 1. The second-order valence-corrected chi connectivity index (χ2v) is 6.30. The van der Waals surface area contributed by atoms with Crippen molar-refractivity contribution in [2.45, 2.75) is 31.7 Å². The number of hydrogen-bond donors (Lipinski definition) is 2. The van der Waals surface area contributed by atoms with Crippen molar-refractivity contribution in [2.75, 3.05) is 6.54 Å². The van der Waals surface area contributed by atoms with E-state index < -0.39 is 18.1 Å². The molecule has 0 bridgehead atoms. The van der Waals surface area contributed by atoms with Crippen LogP contribution >= 0.6 is 0 Å². The molecule has 0 radical (unpaired) electrons. The van der Waals surface area contributed by atoms with E-state index in [-0.39, 0.29) is 5.82 Å². The monoisotopic (exact) mass is 344 g/mol. The molecule has 1 fully saturated rings. The molecule has 5 nitrogen and oxygen atoms in total. The number of nitrogens with zero attached hydrogens (tertiary/aromatic N) is 1. The fraction of sp³-hybridized carbons (Fsp3) is 0.316. The molecule has 0 aliphatic carbocycles. The van der Waals surface area contributed by atoms with Crippen LogP contribution < -0.4 is 10.5 Å². The summed E-state index contributed by atoms with van der Waals surface area (Å²) in [6.45, 7) is 1.26. The first-order valence-corrected chi connectivity index (χ1v) is 8.19. The van der Waals surface area contributed by atoms with Crippen LogP contribution in [0.25, 0.3) is 0 Å². The molecule has 3 N–H and O–H groups in total. The molecule has 25 heavy (non-hydrogen) atoms. The summed E-state index contributed by atoms with van der Waals surface area (Å²) in [6.07, 6.45) is -0.143. The van der Waals surface area contributed by atoms with E-state index in [1.54, 1.807) is 12.1 Å². The third kappa shape index (κ3) is 4.55. The number of carbonyl (C=O) groups excluding carboxylic acids is 1. The minimum absolute atomic E-state index is 0.284. The van der Waals surface area contributed by atoms with Crippen molar-refractivity contribution in [1.82, 2.24) is 4.90 Å². The molecule has 3 rings (SSSR count). The molecule has 0 aromatic heterocycles. The summed E-state index contributed by atoms with van der Waals surface area (Å²) in [7, 11) is 0. The smallest absolute Gasteiger partial charge is 0.234 e. The van der Waals surface area contributed by atoms with Gasteiger partial charge in [-0.2, -0.15) is 0 Å². The summed E-state index contributed by atoms with van der Waals surface area (Å²) >= 11 is 0. The highest BCUT2D eigenvalue weighted by atomic mass is 19.1. The highest BCUT2D eigenvalue weighted by molar-refractivity contribution is 5.80. The second-order valence-electron chi connectivity index (χ2n) is 6.30. The number of rotatable bonds is 6. The van der Waals surface area contributed by atoms with Crippen LogP contribution in [-0.4, -0.2) is 34.6 Å². The maximum Gasteiger partial charge on any atom is 0.234 e. The number of benzene rings is 2. The number of halogens is 1. The van der Waals surface area contributed by atoms with Gasteiger partial charge in [-0.1, -0.05) is 24.3 Å². The van der Waals surface area contributed by atoms with Crippen LogP contribution in [0.1, 0.15) is 17.5 Å². The fourth-order valence-electron chi connectivity index (χ4n) is 3.07. The lowest BCUT2D eigenvalue weighted by molar-refractivity contribution is -0.122. The summed E-state index contributed by atoms with van der Waals surface area (Å²) in [6, 6.07) is 13.3. The van der Waals surface area contributed by atoms with Crippen LogP contribution in [-0.2, 0) is 17.9 Å². The van der Waals surface area contributed by atoms with E-state index >= 15 is 0 Å². The van der Waals surface area contributed by atoms with Crippen LogP contribution in [0.2, 0.25) is 0 Å². The Morgan fingerprint density at radius 2 is 2.00 bits per heavy atom. The van der Waals surface area contributed by atoms with Crippen molar-refractivity contribution in [3.05, 3.63) is 65.5 Å². The Kier molecular flexibility index (Phi) is 5.31. The Hall–Kier alpha value is -2.44. The predicted octanol–water partition coefficient (Wildman–Crippen LogP) is 1.83. The Morgan fingerprint density at radius 3 is 2.68 bits per heavy atom. The van der Waals surface area contributed by atoms with E-state index in [2.05, 4.69) is 0 Å². The van der Waals surface area contributed by atoms with Crippen LogP contribution in [0.3, 0.4) is 0 Å². The number of amides is 1. The Bertz CT molecular complexity index is 736. The Morgan fingerprint density at radius 1 is 1.24 bits per heavy atom. The first kappa shape index (κ1) is 17.4. The van der Waals surface area contributed by atoms with Gasteiger partial charge in [-0.15, -0.1) is 0 Å². The van der Waals surface area contributed by atoms with E-state index in [0.717, 1.165) is 11.1 Å². The normalized spacial score (nSPS) is 20.6. The van der Waals surface area contributed by atoms with E-state index in [4.69, 9.17) is 10.5 Å². The number of β-amino-alcohol motifs (C(OH)–C–C–N with tert-alkyl or cyclic N) is 1. The van der Waals surface area contributed by atoms with Crippen molar-refractivity contribution < 1.29 is 19.0 Å². The highest BCUT2D eigenvalue weighted by Crippen LogP contribution is 2.22. The molecule has 0 saturated carbocycles. The van der Waals surface area contributed by atoms with Gasteiger partial charge < -0.3 is 15.6 Å². The molecule has 1 aliphatic heterocycles. The molecular formula is C19H21FN2O3. The number of aliphatic hydroxyl groups excluding tert-OH is 1. The highest BCUT2D eigenvalue weighted by Gasteiger charge is 2.34. The van der Waals surface area contributed by atoms with Crippen LogP contribution in [0, 0.1) is 5.82 Å². The number of carbonyl (C=O) groups is 1. The van der Waals surface area contributed by atoms with Gasteiger partial charge >= 0.3 is 0 Å². The van der Waals surface area contributed by atoms with Crippen molar-refractivity contribution >= 4 is 5.91 Å². The number of ether oxygens (including phenoxy) is 1. The molecule has 132 valence electrons. The van der Waals surface area contributed by atoms with Gasteiger partial charge in [0.2, 0.25) is 5.91 Å².